The summed E-state index contributed by atoms with van der Waals surface area (Å²) in [5.41, 5.74) is 3.01. The van der Waals surface area contributed by atoms with Crippen LogP contribution in [0.25, 0.3) is 11.3 Å². The fourth-order valence-electron chi connectivity index (χ4n) is 4.20. The number of anilines is 3. The number of fused-ring (bicyclic) bond motifs is 3. The van der Waals surface area contributed by atoms with Crippen molar-refractivity contribution in [3.63, 3.8) is 0 Å². The maximum Gasteiger partial charge on any atom is 0.263 e. The van der Waals surface area contributed by atoms with Gasteiger partial charge in [-0.1, -0.05) is 6.07 Å². The van der Waals surface area contributed by atoms with Gasteiger partial charge in [-0.15, -0.1) is 0 Å². The lowest BCUT2D eigenvalue weighted by Crippen LogP contribution is -2.39. The first-order valence-corrected chi connectivity index (χ1v) is 10.3. The molecule has 5 heterocycles. The summed E-state index contributed by atoms with van der Waals surface area (Å²) in [5, 5.41) is 3.15. The van der Waals surface area contributed by atoms with Crippen LogP contribution in [0.3, 0.4) is 0 Å². The predicted octanol–water partition coefficient (Wildman–Crippen LogP) is 2.99. The van der Waals surface area contributed by atoms with Crippen molar-refractivity contribution in [1.29, 1.82) is 0 Å². The zero-order chi connectivity index (χ0) is 20.5. The fraction of sp³-hybridized carbons (Fsp3) is 0.318. The summed E-state index contributed by atoms with van der Waals surface area (Å²) in [6.45, 7) is 4.23. The van der Waals surface area contributed by atoms with E-state index >= 15 is 0 Å². The van der Waals surface area contributed by atoms with Crippen LogP contribution in [0, 0.1) is 0 Å². The second kappa shape index (κ2) is 7.70. The van der Waals surface area contributed by atoms with E-state index in [0.29, 0.717) is 18.1 Å². The van der Waals surface area contributed by atoms with Crippen LogP contribution < -0.4 is 15.1 Å². The highest BCUT2D eigenvalue weighted by Gasteiger charge is 2.37. The van der Waals surface area contributed by atoms with Crippen molar-refractivity contribution in [2.45, 2.75) is 25.8 Å². The van der Waals surface area contributed by atoms with E-state index < -0.39 is 0 Å². The molecular weight excluding hydrogens is 378 g/mol. The number of carbonyl (C=O) groups is 1. The molecule has 0 aromatic carbocycles. The Kier molecular flexibility index (Phi) is 4.74. The Balaban J connectivity index is 1.56. The lowest BCUT2D eigenvalue weighted by Gasteiger charge is -2.27. The van der Waals surface area contributed by atoms with Crippen LogP contribution in [-0.4, -0.2) is 51.5 Å². The SMILES string of the molecule is CCNc1ncc2c(n1)N1CCC[C@H]1CN(c1cncc(-c3ccccn3)c1)C2=O. The standard InChI is InChI=1S/C22H23N7O/c1-2-24-22-26-13-18-20(27-22)28-9-5-6-16(28)14-29(21(18)30)17-10-15(11-23-12-17)19-7-3-4-8-25-19/h3-4,7-8,10-13,16H,2,5-6,9,14H2,1H3,(H,24,26,27)/t16-/m0/s1. The Labute approximate surface area is 175 Å². The topological polar surface area (TPSA) is 87.1 Å². The van der Waals surface area contributed by atoms with Crippen molar-refractivity contribution in [3.8, 4) is 11.3 Å². The van der Waals surface area contributed by atoms with E-state index in [-0.39, 0.29) is 11.9 Å². The van der Waals surface area contributed by atoms with Gasteiger partial charge >= 0.3 is 0 Å². The van der Waals surface area contributed by atoms with Gasteiger partial charge in [0.15, 0.2) is 0 Å². The normalized spacial score (nSPS) is 18.0. The van der Waals surface area contributed by atoms with Crippen LogP contribution in [0.15, 0.2) is 49.1 Å². The molecule has 5 rings (SSSR count). The molecule has 2 aliphatic heterocycles. The summed E-state index contributed by atoms with van der Waals surface area (Å²) in [7, 11) is 0. The van der Waals surface area contributed by atoms with Gasteiger partial charge in [0.2, 0.25) is 5.95 Å². The minimum Gasteiger partial charge on any atom is -0.354 e. The van der Waals surface area contributed by atoms with Crippen molar-refractivity contribution >= 4 is 23.4 Å². The molecule has 3 aromatic rings. The average molecular weight is 401 g/mol. The monoisotopic (exact) mass is 401 g/mol. The highest BCUT2D eigenvalue weighted by atomic mass is 16.2. The first-order chi connectivity index (χ1) is 14.7. The third-order valence-corrected chi connectivity index (χ3v) is 5.62. The van der Waals surface area contributed by atoms with Crippen molar-refractivity contribution in [2.24, 2.45) is 0 Å². The van der Waals surface area contributed by atoms with Gasteiger partial charge in [-0.25, -0.2) is 4.98 Å². The van der Waals surface area contributed by atoms with E-state index in [1.807, 2.05) is 36.1 Å². The third-order valence-electron chi connectivity index (χ3n) is 5.62. The number of rotatable bonds is 4. The number of carbonyl (C=O) groups excluding carboxylic acids is 1. The molecule has 8 heteroatoms. The maximum absolute atomic E-state index is 13.5. The smallest absolute Gasteiger partial charge is 0.263 e. The van der Waals surface area contributed by atoms with E-state index in [1.165, 1.54) is 0 Å². The number of pyridine rings is 2. The third kappa shape index (κ3) is 3.24. The lowest BCUT2D eigenvalue weighted by molar-refractivity contribution is 0.0988. The molecule has 0 unspecified atom stereocenters. The summed E-state index contributed by atoms with van der Waals surface area (Å²) in [6, 6.07) is 7.96. The van der Waals surface area contributed by atoms with Gasteiger partial charge in [0.25, 0.3) is 5.91 Å². The van der Waals surface area contributed by atoms with Gasteiger partial charge < -0.3 is 15.1 Å². The van der Waals surface area contributed by atoms with Gasteiger partial charge in [-0.3, -0.25) is 14.8 Å². The molecule has 0 radical (unpaired) electrons. The Hall–Kier alpha value is -3.55. The second-order valence-electron chi connectivity index (χ2n) is 7.51. The number of amides is 1. The highest BCUT2D eigenvalue weighted by Crippen LogP contribution is 2.34. The molecule has 0 aliphatic carbocycles. The summed E-state index contributed by atoms with van der Waals surface area (Å²) in [5.74, 6) is 1.19. The largest absolute Gasteiger partial charge is 0.354 e. The minimum atomic E-state index is -0.0950. The molecular formula is C22H23N7O. The van der Waals surface area contributed by atoms with E-state index in [2.05, 4.69) is 30.2 Å². The fourth-order valence-corrected chi connectivity index (χ4v) is 4.20. The average Bonchev–Trinajstić information content (AvgIpc) is 3.22. The molecule has 30 heavy (non-hydrogen) atoms. The molecule has 1 N–H and O–H groups in total. The van der Waals surface area contributed by atoms with Gasteiger partial charge in [0.05, 0.1) is 17.6 Å². The van der Waals surface area contributed by atoms with Gasteiger partial charge in [-0.05, 0) is 38.0 Å². The lowest BCUT2D eigenvalue weighted by atomic mass is 10.1. The van der Waals surface area contributed by atoms with Gasteiger partial charge in [-0.2, -0.15) is 4.98 Å². The Bertz CT molecular complexity index is 1070. The number of hydrogen-bond acceptors (Lipinski definition) is 7. The van der Waals surface area contributed by atoms with Crippen LogP contribution in [0.1, 0.15) is 30.1 Å². The van der Waals surface area contributed by atoms with E-state index in [1.54, 1.807) is 24.8 Å². The highest BCUT2D eigenvalue weighted by molar-refractivity contribution is 6.10. The summed E-state index contributed by atoms with van der Waals surface area (Å²) in [6.07, 6.45) is 9.02. The number of nitrogens with one attached hydrogen (secondary N) is 1. The predicted molar refractivity (Wildman–Crippen MR) is 116 cm³/mol. The van der Waals surface area contributed by atoms with Crippen LogP contribution >= 0.6 is 0 Å². The summed E-state index contributed by atoms with van der Waals surface area (Å²) < 4.78 is 0. The summed E-state index contributed by atoms with van der Waals surface area (Å²) >= 11 is 0. The molecule has 0 saturated carbocycles. The zero-order valence-electron chi connectivity index (χ0n) is 16.8. The first kappa shape index (κ1) is 18.5. The molecule has 152 valence electrons. The first-order valence-electron chi connectivity index (χ1n) is 10.3. The molecule has 1 saturated heterocycles. The van der Waals surface area contributed by atoms with Crippen LogP contribution in [0.4, 0.5) is 17.5 Å². The Morgan fingerprint density at radius 1 is 1.20 bits per heavy atom. The number of hydrogen-bond donors (Lipinski definition) is 1. The molecule has 0 spiro atoms. The van der Waals surface area contributed by atoms with E-state index in [0.717, 1.165) is 48.7 Å². The van der Waals surface area contributed by atoms with Crippen molar-refractivity contribution < 1.29 is 4.79 Å². The second-order valence-corrected chi connectivity index (χ2v) is 7.51. The molecule has 3 aromatic heterocycles. The van der Waals surface area contributed by atoms with E-state index in [4.69, 9.17) is 0 Å². The number of aromatic nitrogens is 4. The molecule has 2 aliphatic rings. The minimum absolute atomic E-state index is 0.0950. The van der Waals surface area contributed by atoms with Crippen molar-refractivity contribution in [3.05, 3.63) is 54.6 Å². The maximum atomic E-state index is 13.5. The van der Waals surface area contributed by atoms with Crippen LogP contribution in [0.5, 0.6) is 0 Å². The molecule has 1 amide bonds. The molecule has 0 bridgehead atoms. The van der Waals surface area contributed by atoms with E-state index in [9.17, 15) is 4.79 Å². The van der Waals surface area contributed by atoms with Gasteiger partial charge in [0, 0.05) is 49.8 Å². The molecule has 8 nitrogen and oxygen atoms in total. The Morgan fingerprint density at radius 2 is 2.13 bits per heavy atom. The quantitative estimate of drug-likeness (QED) is 0.719. The number of nitrogens with zero attached hydrogens (tertiary/aromatic N) is 6. The van der Waals surface area contributed by atoms with Crippen molar-refractivity contribution in [2.75, 3.05) is 34.8 Å². The molecule has 1 fully saturated rings. The Morgan fingerprint density at radius 3 is 2.97 bits per heavy atom. The van der Waals surface area contributed by atoms with Gasteiger partial charge in [0.1, 0.15) is 11.4 Å². The van der Waals surface area contributed by atoms with Crippen LogP contribution in [-0.2, 0) is 0 Å². The van der Waals surface area contributed by atoms with Crippen LogP contribution in [0.2, 0.25) is 0 Å². The summed E-state index contributed by atoms with van der Waals surface area (Å²) in [4.78, 5) is 35.4. The van der Waals surface area contributed by atoms with Crippen molar-refractivity contribution in [1.82, 2.24) is 19.9 Å². The molecule has 1 atom stereocenters. The zero-order valence-corrected chi connectivity index (χ0v) is 16.8.